The van der Waals surface area contributed by atoms with Crippen LogP contribution in [0.4, 0.5) is 5.69 Å². The number of hydrogen-bond donors (Lipinski definition) is 2. The molecule has 7 heteroatoms. The Kier molecular flexibility index (Phi) is 5.40. The third kappa shape index (κ3) is 3.72. The van der Waals surface area contributed by atoms with Crippen molar-refractivity contribution in [1.82, 2.24) is 4.98 Å². The molecule has 0 saturated heterocycles. The quantitative estimate of drug-likeness (QED) is 0.619. The van der Waals surface area contributed by atoms with Crippen LogP contribution in [0.5, 0.6) is 0 Å². The first-order valence-corrected chi connectivity index (χ1v) is 8.87. The minimum absolute atomic E-state index is 0.0308. The Morgan fingerprint density at radius 2 is 2.33 bits per heavy atom. The van der Waals surface area contributed by atoms with E-state index in [0.29, 0.717) is 18.3 Å². The van der Waals surface area contributed by atoms with Gasteiger partial charge in [-0.1, -0.05) is 11.6 Å². The van der Waals surface area contributed by atoms with Crippen molar-refractivity contribution in [3.05, 3.63) is 45.8 Å². The Morgan fingerprint density at radius 1 is 1.50 bits per heavy atom. The monoisotopic (exact) mass is 365 g/mol. The highest BCUT2D eigenvalue weighted by Gasteiger charge is 2.16. The molecule has 24 heavy (non-hydrogen) atoms. The van der Waals surface area contributed by atoms with Crippen molar-refractivity contribution < 1.29 is 9.15 Å². The van der Waals surface area contributed by atoms with Gasteiger partial charge in [-0.15, -0.1) is 11.3 Å². The molecule has 3 heterocycles. The average molecular weight is 366 g/mol. The molecule has 3 rings (SSSR count). The van der Waals surface area contributed by atoms with Crippen LogP contribution < -0.4 is 11.1 Å². The molecule has 3 aromatic heterocycles. The van der Waals surface area contributed by atoms with Crippen LogP contribution >= 0.6 is 22.9 Å². The number of hydrogen-bond acceptors (Lipinski definition) is 6. The first kappa shape index (κ1) is 17.2. The molecule has 0 amide bonds. The van der Waals surface area contributed by atoms with E-state index in [9.17, 15) is 0 Å². The average Bonchev–Trinajstić information content (AvgIpc) is 3.15. The molecule has 5 nitrogen and oxygen atoms in total. The van der Waals surface area contributed by atoms with Crippen LogP contribution in [-0.2, 0) is 17.7 Å². The number of nitrogens with two attached hydrogens (primary N) is 1. The van der Waals surface area contributed by atoms with Gasteiger partial charge in [-0.3, -0.25) is 0 Å². The van der Waals surface area contributed by atoms with Gasteiger partial charge in [-0.25, -0.2) is 4.98 Å². The predicted molar refractivity (Wildman–Crippen MR) is 99.0 cm³/mol. The van der Waals surface area contributed by atoms with Gasteiger partial charge in [0, 0.05) is 24.1 Å². The molecule has 1 unspecified atom stereocenters. The summed E-state index contributed by atoms with van der Waals surface area (Å²) in [5, 5.41) is 3.86. The van der Waals surface area contributed by atoms with Gasteiger partial charge >= 0.3 is 0 Å². The van der Waals surface area contributed by atoms with Crippen LogP contribution in [0.15, 0.2) is 28.9 Å². The van der Waals surface area contributed by atoms with Crippen LogP contribution in [-0.4, -0.2) is 24.7 Å². The number of nitrogens with zero attached hydrogens (tertiary/aromatic N) is 1. The molecule has 0 spiro atoms. The summed E-state index contributed by atoms with van der Waals surface area (Å²) in [6, 6.07) is 5.62. The lowest BCUT2D eigenvalue weighted by atomic mass is 10.1. The van der Waals surface area contributed by atoms with Crippen LogP contribution in [0.1, 0.15) is 16.2 Å². The number of pyridine rings is 1. The molecule has 0 saturated carbocycles. The third-order valence-corrected chi connectivity index (χ3v) is 5.33. The van der Waals surface area contributed by atoms with Gasteiger partial charge in [0.05, 0.1) is 35.3 Å². The molecule has 1 atom stereocenters. The van der Waals surface area contributed by atoms with Crippen molar-refractivity contribution in [2.24, 2.45) is 5.73 Å². The minimum atomic E-state index is -0.0308. The fraction of sp³-hybridized carbons (Fsp3) is 0.353. The summed E-state index contributed by atoms with van der Waals surface area (Å²) < 4.78 is 11.6. The lowest BCUT2D eigenvalue weighted by molar-refractivity contribution is 0.180. The van der Waals surface area contributed by atoms with Gasteiger partial charge < -0.3 is 20.2 Å². The zero-order valence-electron chi connectivity index (χ0n) is 13.6. The van der Waals surface area contributed by atoms with Crippen molar-refractivity contribution in [2.45, 2.75) is 25.9 Å². The molecule has 3 N–H and O–H groups in total. The Hall–Kier alpha value is -1.60. The Balaban J connectivity index is 1.91. The van der Waals surface area contributed by atoms with Gasteiger partial charge in [0.15, 0.2) is 0 Å². The number of halogens is 1. The molecule has 128 valence electrons. The van der Waals surface area contributed by atoms with E-state index in [1.165, 1.54) is 4.88 Å². The van der Waals surface area contributed by atoms with E-state index in [1.54, 1.807) is 24.7 Å². The Bertz CT molecular complexity index is 817. The van der Waals surface area contributed by atoms with Gasteiger partial charge in [0.25, 0.3) is 0 Å². The van der Waals surface area contributed by atoms with E-state index in [4.69, 9.17) is 26.5 Å². The number of anilines is 1. The summed E-state index contributed by atoms with van der Waals surface area (Å²) in [5.41, 5.74) is 9.12. The Labute approximate surface area is 149 Å². The number of aryl methyl sites for hydroxylation is 1. The summed E-state index contributed by atoms with van der Waals surface area (Å²) in [6.45, 7) is 3.19. The second-order valence-corrected chi connectivity index (χ2v) is 7.17. The van der Waals surface area contributed by atoms with Gasteiger partial charge in [-0.05, 0) is 31.0 Å². The predicted octanol–water partition coefficient (Wildman–Crippen LogP) is 3.98. The summed E-state index contributed by atoms with van der Waals surface area (Å²) in [7, 11) is 1.66. The number of aromatic nitrogens is 1. The van der Waals surface area contributed by atoms with Crippen molar-refractivity contribution in [2.75, 3.05) is 19.0 Å². The molecular formula is C17H20ClN3O2S. The number of furan rings is 1. The molecule has 0 radical (unpaired) electrons. The van der Waals surface area contributed by atoms with E-state index < -0.39 is 0 Å². The molecular weight excluding hydrogens is 346 g/mol. The fourth-order valence-electron chi connectivity index (χ4n) is 2.62. The van der Waals surface area contributed by atoms with Crippen molar-refractivity contribution in [1.29, 1.82) is 0 Å². The zero-order valence-corrected chi connectivity index (χ0v) is 15.2. The van der Waals surface area contributed by atoms with Crippen LogP contribution in [0.2, 0.25) is 5.15 Å². The Morgan fingerprint density at radius 3 is 3.04 bits per heavy atom. The highest BCUT2D eigenvalue weighted by atomic mass is 35.5. The minimum Gasteiger partial charge on any atom is -0.467 e. The summed E-state index contributed by atoms with van der Waals surface area (Å²) >= 11 is 7.91. The number of rotatable bonds is 7. The highest BCUT2D eigenvalue weighted by Crippen LogP contribution is 2.37. The standard InChI is InChI=1S/C17H20ClN3O2S/c1-10-14(6-11(19)9-22-2)24-17-13(7-15(18)21-16(10)17)20-8-12-4-3-5-23-12/h3-5,7,11H,6,8-9,19H2,1-2H3,(H,20,21). The van der Waals surface area contributed by atoms with Crippen LogP contribution in [0, 0.1) is 6.92 Å². The summed E-state index contributed by atoms with van der Waals surface area (Å²) in [6.07, 6.45) is 2.42. The molecule has 0 aliphatic rings. The second-order valence-electron chi connectivity index (χ2n) is 5.67. The highest BCUT2D eigenvalue weighted by molar-refractivity contribution is 7.19. The van der Waals surface area contributed by atoms with Crippen LogP contribution in [0.3, 0.4) is 0 Å². The normalized spacial score (nSPS) is 12.7. The molecule has 3 aromatic rings. The van der Waals surface area contributed by atoms with E-state index >= 15 is 0 Å². The topological polar surface area (TPSA) is 73.3 Å². The number of methoxy groups -OCH3 is 1. The first-order valence-electron chi connectivity index (χ1n) is 7.67. The van der Waals surface area contributed by atoms with Crippen LogP contribution in [0.25, 0.3) is 10.2 Å². The lowest BCUT2D eigenvalue weighted by Crippen LogP contribution is -2.27. The van der Waals surface area contributed by atoms with Crippen molar-refractivity contribution >= 4 is 38.8 Å². The maximum atomic E-state index is 6.21. The van der Waals surface area contributed by atoms with Crippen molar-refractivity contribution in [3.8, 4) is 0 Å². The summed E-state index contributed by atoms with van der Waals surface area (Å²) in [5.74, 6) is 0.867. The number of thiophene rings is 1. The van der Waals surface area contributed by atoms with Crippen molar-refractivity contribution in [3.63, 3.8) is 0 Å². The third-order valence-electron chi connectivity index (χ3n) is 3.80. The SMILES string of the molecule is COCC(N)Cc1sc2c(NCc3ccco3)cc(Cl)nc2c1C. The number of nitrogens with one attached hydrogen (secondary N) is 1. The second kappa shape index (κ2) is 7.53. The van der Waals surface area contributed by atoms with E-state index in [2.05, 4.69) is 17.2 Å². The molecule has 0 bridgehead atoms. The van der Waals surface area contributed by atoms with E-state index in [1.807, 2.05) is 18.2 Å². The van der Waals surface area contributed by atoms with Gasteiger partial charge in [0.2, 0.25) is 0 Å². The van der Waals surface area contributed by atoms with E-state index in [-0.39, 0.29) is 6.04 Å². The van der Waals surface area contributed by atoms with Gasteiger partial charge in [-0.2, -0.15) is 0 Å². The molecule has 0 fully saturated rings. The maximum absolute atomic E-state index is 6.21. The molecule has 0 aliphatic heterocycles. The zero-order chi connectivity index (χ0) is 17.1. The smallest absolute Gasteiger partial charge is 0.131 e. The van der Waals surface area contributed by atoms with E-state index in [0.717, 1.165) is 33.6 Å². The fourth-order valence-corrected chi connectivity index (χ4v) is 4.15. The number of ether oxygens (including phenoxy) is 1. The van der Waals surface area contributed by atoms with Gasteiger partial charge in [0.1, 0.15) is 10.9 Å². The first-order chi connectivity index (χ1) is 11.6. The molecule has 0 aromatic carbocycles. The maximum Gasteiger partial charge on any atom is 0.131 e. The lowest BCUT2D eigenvalue weighted by Gasteiger charge is -2.08. The number of fused-ring (bicyclic) bond motifs is 1. The molecule has 0 aliphatic carbocycles. The largest absolute Gasteiger partial charge is 0.467 e. The summed E-state index contributed by atoms with van der Waals surface area (Å²) in [4.78, 5) is 5.71.